The Morgan fingerprint density at radius 2 is 1.68 bits per heavy atom. The minimum Gasteiger partial charge on any atom is -0.361 e. The molecule has 9 nitrogen and oxygen atoms in total. The SMILES string of the molecule is CC(C)(N)C(=O)NC(Cc1c[nH]c2ccccc12)C(=O)c1ccc(-c2ccccc2-c2nnn[nH]2)cc1. The third-order valence-electron chi connectivity index (χ3n) is 6.31. The van der Waals surface area contributed by atoms with Gasteiger partial charge in [0, 0.05) is 34.6 Å². The van der Waals surface area contributed by atoms with E-state index in [2.05, 4.69) is 30.9 Å². The largest absolute Gasteiger partial charge is 0.361 e. The van der Waals surface area contributed by atoms with Crippen molar-refractivity contribution < 1.29 is 9.59 Å². The summed E-state index contributed by atoms with van der Waals surface area (Å²) in [6.45, 7) is 3.23. The van der Waals surface area contributed by atoms with Crippen molar-refractivity contribution in [3.8, 4) is 22.5 Å². The molecule has 1 unspecified atom stereocenters. The number of aromatic nitrogens is 5. The van der Waals surface area contributed by atoms with Crippen LogP contribution in [0.3, 0.4) is 0 Å². The van der Waals surface area contributed by atoms with E-state index in [0.29, 0.717) is 17.8 Å². The molecule has 1 amide bonds. The molecule has 0 aliphatic heterocycles. The van der Waals surface area contributed by atoms with Crippen LogP contribution in [-0.4, -0.2) is 48.9 Å². The average molecular weight is 494 g/mol. The van der Waals surface area contributed by atoms with Gasteiger partial charge in [0.05, 0.1) is 11.6 Å². The molecule has 0 spiro atoms. The monoisotopic (exact) mass is 493 g/mol. The number of Topliss-reactive ketones (excluding diaryl/α,β-unsaturated/α-hetero) is 1. The maximum atomic E-state index is 13.7. The maximum Gasteiger partial charge on any atom is 0.240 e. The predicted molar refractivity (Wildman–Crippen MR) is 142 cm³/mol. The van der Waals surface area contributed by atoms with E-state index >= 15 is 0 Å². The van der Waals surface area contributed by atoms with Crippen molar-refractivity contribution >= 4 is 22.6 Å². The van der Waals surface area contributed by atoms with Crippen molar-refractivity contribution in [3.63, 3.8) is 0 Å². The van der Waals surface area contributed by atoms with Gasteiger partial charge in [-0.15, -0.1) is 5.10 Å². The first-order valence-corrected chi connectivity index (χ1v) is 11.9. The molecule has 5 rings (SSSR count). The van der Waals surface area contributed by atoms with Gasteiger partial charge in [0.2, 0.25) is 5.91 Å². The van der Waals surface area contributed by atoms with Crippen LogP contribution in [0.2, 0.25) is 0 Å². The highest BCUT2D eigenvalue weighted by Gasteiger charge is 2.29. The molecular formula is C28H27N7O2. The van der Waals surface area contributed by atoms with Gasteiger partial charge in [-0.05, 0) is 47.0 Å². The van der Waals surface area contributed by atoms with E-state index in [1.54, 1.807) is 26.0 Å². The fraction of sp³-hybridized carbons (Fsp3) is 0.179. The van der Waals surface area contributed by atoms with Crippen LogP contribution < -0.4 is 11.1 Å². The highest BCUT2D eigenvalue weighted by molar-refractivity contribution is 6.03. The molecule has 0 aliphatic rings. The third-order valence-corrected chi connectivity index (χ3v) is 6.31. The zero-order valence-corrected chi connectivity index (χ0v) is 20.5. The Kier molecular flexibility index (Phi) is 6.37. The Balaban J connectivity index is 1.45. The van der Waals surface area contributed by atoms with Crippen molar-refractivity contribution in [2.24, 2.45) is 5.73 Å². The predicted octanol–water partition coefficient (Wildman–Crippen LogP) is 3.66. The quantitative estimate of drug-likeness (QED) is 0.243. The number of nitrogens with one attached hydrogen (secondary N) is 3. The summed E-state index contributed by atoms with van der Waals surface area (Å²) in [5.74, 6) is -0.0271. The van der Waals surface area contributed by atoms with Gasteiger partial charge in [-0.3, -0.25) is 9.59 Å². The van der Waals surface area contributed by atoms with E-state index in [9.17, 15) is 9.59 Å². The van der Waals surface area contributed by atoms with E-state index in [1.165, 1.54) is 0 Å². The van der Waals surface area contributed by atoms with E-state index in [1.807, 2.05) is 66.9 Å². The Labute approximate surface area is 213 Å². The van der Waals surface area contributed by atoms with Crippen LogP contribution in [-0.2, 0) is 11.2 Å². The normalized spacial score (nSPS) is 12.4. The number of carbonyl (C=O) groups is 2. The van der Waals surface area contributed by atoms with Crippen molar-refractivity contribution in [1.82, 2.24) is 30.9 Å². The number of hydrogen-bond donors (Lipinski definition) is 4. The number of fused-ring (bicyclic) bond motifs is 1. The molecule has 37 heavy (non-hydrogen) atoms. The second-order valence-electron chi connectivity index (χ2n) is 9.55. The lowest BCUT2D eigenvalue weighted by Gasteiger charge is -2.24. The second kappa shape index (κ2) is 9.79. The summed E-state index contributed by atoms with van der Waals surface area (Å²) in [6.07, 6.45) is 2.21. The van der Waals surface area contributed by atoms with Gasteiger partial charge in [0.15, 0.2) is 11.6 Å². The van der Waals surface area contributed by atoms with Gasteiger partial charge in [0.25, 0.3) is 0 Å². The van der Waals surface area contributed by atoms with Crippen LogP contribution in [0.25, 0.3) is 33.4 Å². The Hall–Kier alpha value is -4.63. The smallest absolute Gasteiger partial charge is 0.240 e. The Bertz CT molecular complexity index is 1550. The van der Waals surface area contributed by atoms with Gasteiger partial charge in [0.1, 0.15) is 0 Å². The highest BCUT2D eigenvalue weighted by atomic mass is 16.2. The second-order valence-corrected chi connectivity index (χ2v) is 9.55. The van der Waals surface area contributed by atoms with Crippen molar-refractivity contribution in [3.05, 3.63) is 90.1 Å². The van der Waals surface area contributed by atoms with Crippen LogP contribution in [0.4, 0.5) is 0 Å². The number of aromatic amines is 2. The van der Waals surface area contributed by atoms with Crippen molar-refractivity contribution in [2.75, 3.05) is 0 Å². The molecule has 0 bridgehead atoms. The number of carbonyl (C=O) groups excluding carboxylic acids is 2. The number of nitrogens with two attached hydrogens (primary N) is 1. The molecule has 1 atom stereocenters. The molecule has 0 saturated carbocycles. The summed E-state index contributed by atoms with van der Waals surface area (Å²) in [7, 11) is 0. The Morgan fingerprint density at radius 3 is 2.38 bits per heavy atom. The molecule has 186 valence electrons. The van der Waals surface area contributed by atoms with Gasteiger partial charge in [-0.1, -0.05) is 66.7 Å². The third kappa shape index (κ3) is 5.03. The summed E-state index contributed by atoms with van der Waals surface area (Å²) in [6, 6.07) is 22.1. The fourth-order valence-electron chi connectivity index (χ4n) is 4.30. The molecule has 0 saturated heterocycles. The molecule has 2 aromatic heterocycles. The number of H-pyrrole nitrogens is 2. The topological polar surface area (TPSA) is 142 Å². The first-order chi connectivity index (χ1) is 17.8. The lowest BCUT2D eigenvalue weighted by atomic mass is 9.93. The number of para-hydroxylation sites is 1. The Morgan fingerprint density at radius 1 is 0.973 bits per heavy atom. The number of benzene rings is 3. The van der Waals surface area contributed by atoms with Crippen LogP contribution >= 0.6 is 0 Å². The van der Waals surface area contributed by atoms with Crippen LogP contribution in [0.5, 0.6) is 0 Å². The standard InChI is InChI=1S/C28H27N7O2/c1-28(2,29)27(37)31-24(15-19-16-30-23-10-6-5-8-21(19)23)25(36)18-13-11-17(12-14-18)20-7-3-4-9-22(20)26-32-34-35-33-26/h3-14,16,24,30H,15,29H2,1-2H3,(H,31,37)(H,32,33,34,35). The lowest BCUT2D eigenvalue weighted by Crippen LogP contribution is -2.54. The zero-order valence-electron chi connectivity index (χ0n) is 20.5. The lowest BCUT2D eigenvalue weighted by molar-refractivity contribution is -0.125. The fourth-order valence-corrected chi connectivity index (χ4v) is 4.30. The molecule has 0 fully saturated rings. The minimum absolute atomic E-state index is 0.192. The minimum atomic E-state index is -1.12. The van der Waals surface area contributed by atoms with Gasteiger partial charge in [-0.25, -0.2) is 5.10 Å². The summed E-state index contributed by atoms with van der Waals surface area (Å²) >= 11 is 0. The number of rotatable bonds is 8. The number of ketones is 1. The maximum absolute atomic E-state index is 13.7. The first kappa shape index (κ1) is 24.1. The number of tetrazole rings is 1. The number of nitrogens with zero attached hydrogens (tertiary/aromatic N) is 3. The molecule has 2 heterocycles. The van der Waals surface area contributed by atoms with Gasteiger partial charge in [-0.2, -0.15) is 0 Å². The first-order valence-electron chi connectivity index (χ1n) is 11.9. The summed E-state index contributed by atoms with van der Waals surface area (Å²) in [5, 5.41) is 18.0. The molecule has 9 heteroatoms. The van der Waals surface area contributed by atoms with E-state index in [-0.39, 0.29) is 5.78 Å². The average Bonchev–Trinajstić information content (AvgIpc) is 3.58. The highest BCUT2D eigenvalue weighted by Crippen LogP contribution is 2.30. The molecular weight excluding hydrogens is 466 g/mol. The molecule has 5 N–H and O–H groups in total. The molecule has 0 aliphatic carbocycles. The summed E-state index contributed by atoms with van der Waals surface area (Å²) in [5.41, 5.74) is 9.98. The van der Waals surface area contributed by atoms with E-state index in [0.717, 1.165) is 33.2 Å². The zero-order chi connectivity index (χ0) is 26.0. The van der Waals surface area contributed by atoms with Crippen LogP contribution in [0.1, 0.15) is 29.8 Å². The molecule has 0 radical (unpaired) electrons. The molecule has 5 aromatic rings. The molecule has 3 aromatic carbocycles. The van der Waals surface area contributed by atoms with E-state index < -0.39 is 17.5 Å². The number of amides is 1. The van der Waals surface area contributed by atoms with Crippen LogP contribution in [0, 0.1) is 0 Å². The summed E-state index contributed by atoms with van der Waals surface area (Å²) in [4.78, 5) is 29.7. The van der Waals surface area contributed by atoms with Gasteiger partial charge >= 0.3 is 0 Å². The van der Waals surface area contributed by atoms with Crippen LogP contribution in [0.15, 0.2) is 79.0 Å². The van der Waals surface area contributed by atoms with Crippen molar-refractivity contribution in [2.45, 2.75) is 31.8 Å². The van der Waals surface area contributed by atoms with E-state index in [4.69, 9.17) is 5.73 Å². The number of hydrogen-bond acceptors (Lipinski definition) is 6. The van der Waals surface area contributed by atoms with Gasteiger partial charge < -0.3 is 16.0 Å². The summed E-state index contributed by atoms with van der Waals surface area (Å²) < 4.78 is 0. The van der Waals surface area contributed by atoms with Crippen molar-refractivity contribution in [1.29, 1.82) is 0 Å².